The van der Waals surface area contributed by atoms with Crippen LogP contribution in [-0.2, 0) is 0 Å². The van der Waals surface area contributed by atoms with E-state index < -0.39 is 0 Å². The number of halogens is 2. The second-order valence-electron chi connectivity index (χ2n) is 5.46. The molecule has 0 heterocycles. The molecule has 0 aliphatic carbocycles. The zero-order valence-electron chi connectivity index (χ0n) is 12.9. The van der Waals surface area contributed by atoms with Crippen LogP contribution in [0.2, 0.25) is 0 Å². The maximum Gasteiger partial charge on any atom is 0.126 e. The summed E-state index contributed by atoms with van der Waals surface area (Å²) in [4.78, 5) is 0. The van der Waals surface area contributed by atoms with Crippen molar-refractivity contribution in [1.29, 1.82) is 0 Å². The van der Waals surface area contributed by atoms with Gasteiger partial charge in [-0.3, -0.25) is 0 Å². The first-order valence-corrected chi connectivity index (χ1v) is 7.99. The summed E-state index contributed by atoms with van der Waals surface area (Å²) < 4.78 is 14.6. The number of hydrogen-bond acceptors (Lipinski definition) is 1. The molecule has 0 saturated carbocycles. The van der Waals surface area contributed by atoms with Crippen molar-refractivity contribution in [2.24, 2.45) is 0 Å². The Kier molecular flexibility index (Phi) is 5.17. The summed E-state index contributed by atoms with van der Waals surface area (Å²) in [5.41, 5.74) is 5.45. The van der Waals surface area contributed by atoms with Gasteiger partial charge in [-0.1, -0.05) is 41.1 Å². The zero-order chi connectivity index (χ0) is 15.6. The summed E-state index contributed by atoms with van der Waals surface area (Å²) in [7, 11) is 0. The molecule has 0 aliphatic rings. The van der Waals surface area contributed by atoms with Gasteiger partial charge in [-0.2, -0.15) is 0 Å². The Bertz CT molecular complexity index is 652. The van der Waals surface area contributed by atoms with Crippen LogP contribution in [0.1, 0.15) is 40.8 Å². The average Bonchev–Trinajstić information content (AvgIpc) is 2.44. The second-order valence-corrected chi connectivity index (χ2v) is 6.31. The Morgan fingerprint density at radius 3 is 2.38 bits per heavy atom. The third kappa shape index (κ3) is 3.53. The smallest absolute Gasteiger partial charge is 0.126 e. The van der Waals surface area contributed by atoms with Gasteiger partial charge in [-0.05, 0) is 67.3 Å². The average molecular weight is 350 g/mol. The van der Waals surface area contributed by atoms with Gasteiger partial charge in [0.1, 0.15) is 5.82 Å². The molecule has 2 aromatic carbocycles. The van der Waals surface area contributed by atoms with E-state index in [9.17, 15) is 4.39 Å². The fourth-order valence-electron chi connectivity index (χ4n) is 2.57. The summed E-state index contributed by atoms with van der Waals surface area (Å²) in [5, 5.41) is 3.51. The fourth-order valence-corrected chi connectivity index (χ4v) is 3.03. The Hall–Kier alpha value is -1.19. The molecule has 0 radical (unpaired) electrons. The molecule has 0 bridgehead atoms. The molecule has 0 saturated heterocycles. The third-order valence-electron chi connectivity index (χ3n) is 3.78. The molecule has 0 aliphatic heterocycles. The van der Waals surface area contributed by atoms with E-state index in [1.54, 1.807) is 6.07 Å². The largest absolute Gasteiger partial charge is 0.307 e. The van der Waals surface area contributed by atoms with Gasteiger partial charge in [0.15, 0.2) is 0 Å². The van der Waals surface area contributed by atoms with Crippen LogP contribution in [0, 0.1) is 26.6 Å². The van der Waals surface area contributed by atoms with Crippen LogP contribution in [0.4, 0.5) is 4.39 Å². The van der Waals surface area contributed by atoms with Crippen molar-refractivity contribution >= 4 is 15.9 Å². The molecule has 1 N–H and O–H groups in total. The molecular weight excluding hydrogens is 329 g/mol. The van der Waals surface area contributed by atoms with Crippen molar-refractivity contribution < 1.29 is 4.39 Å². The molecule has 0 fully saturated rings. The standard InChI is InChI=1S/C18H21BrFN/c1-5-21-18(14-6-7-17(20)13(4)8-14)15-9-12(3)16(19)10-11(15)2/h6-10,18,21H,5H2,1-4H3. The monoisotopic (exact) mass is 349 g/mol. The predicted molar refractivity (Wildman–Crippen MR) is 90.3 cm³/mol. The summed E-state index contributed by atoms with van der Waals surface area (Å²) in [6.07, 6.45) is 0. The van der Waals surface area contributed by atoms with E-state index in [2.05, 4.69) is 54.2 Å². The molecule has 2 rings (SSSR count). The lowest BCUT2D eigenvalue weighted by atomic mass is 9.92. The lowest BCUT2D eigenvalue weighted by Gasteiger charge is -2.22. The molecular formula is C18H21BrFN. The Balaban J connectivity index is 2.52. The molecule has 1 atom stereocenters. The van der Waals surface area contributed by atoms with E-state index in [1.807, 2.05) is 19.1 Å². The highest BCUT2D eigenvalue weighted by molar-refractivity contribution is 9.10. The summed E-state index contributed by atoms with van der Waals surface area (Å²) in [6.45, 7) is 8.95. The van der Waals surface area contributed by atoms with Crippen LogP contribution in [0.25, 0.3) is 0 Å². The van der Waals surface area contributed by atoms with Crippen LogP contribution in [-0.4, -0.2) is 6.54 Å². The Labute approximate surface area is 134 Å². The molecule has 21 heavy (non-hydrogen) atoms. The number of benzene rings is 2. The van der Waals surface area contributed by atoms with E-state index in [0.717, 1.165) is 16.6 Å². The minimum atomic E-state index is -0.155. The van der Waals surface area contributed by atoms with Crippen LogP contribution in [0.3, 0.4) is 0 Å². The van der Waals surface area contributed by atoms with E-state index in [4.69, 9.17) is 0 Å². The number of aryl methyl sites for hydroxylation is 3. The lowest BCUT2D eigenvalue weighted by Crippen LogP contribution is -2.23. The van der Waals surface area contributed by atoms with Crippen molar-refractivity contribution in [2.45, 2.75) is 33.7 Å². The van der Waals surface area contributed by atoms with E-state index in [-0.39, 0.29) is 11.9 Å². The Morgan fingerprint density at radius 1 is 1.05 bits per heavy atom. The summed E-state index contributed by atoms with van der Waals surface area (Å²) in [6, 6.07) is 9.78. The first-order chi connectivity index (χ1) is 9.93. The van der Waals surface area contributed by atoms with Crippen LogP contribution < -0.4 is 5.32 Å². The maximum absolute atomic E-state index is 13.5. The lowest BCUT2D eigenvalue weighted by molar-refractivity contribution is 0.605. The highest BCUT2D eigenvalue weighted by Crippen LogP contribution is 2.30. The van der Waals surface area contributed by atoms with Gasteiger partial charge in [-0.15, -0.1) is 0 Å². The number of hydrogen-bond donors (Lipinski definition) is 1. The minimum Gasteiger partial charge on any atom is -0.307 e. The molecule has 1 nitrogen and oxygen atoms in total. The molecule has 112 valence electrons. The van der Waals surface area contributed by atoms with Gasteiger partial charge in [0.25, 0.3) is 0 Å². The maximum atomic E-state index is 13.5. The highest BCUT2D eigenvalue weighted by Gasteiger charge is 2.17. The second kappa shape index (κ2) is 6.71. The van der Waals surface area contributed by atoms with Crippen molar-refractivity contribution in [2.75, 3.05) is 6.54 Å². The van der Waals surface area contributed by atoms with Gasteiger partial charge >= 0.3 is 0 Å². The van der Waals surface area contributed by atoms with Crippen molar-refractivity contribution in [3.8, 4) is 0 Å². The third-order valence-corrected chi connectivity index (χ3v) is 4.64. The molecule has 0 aromatic heterocycles. The number of rotatable bonds is 4. The van der Waals surface area contributed by atoms with Crippen LogP contribution in [0.5, 0.6) is 0 Å². The van der Waals surface area contributed by atoms with Crippen LogP contribution >= 0.6 is 15.9 Å². The van der Waals surface area contributed by atoms with Crippen molar-refractivity contribution in [1.82, 2.24) is 5.32 Å². The topological polar surface area (TPSA) is 12.0 Å². The van der Waals surface area contributed by atoms with Gasteiger partial charge in [0, 0.05) is 4.47 Å². The first kappa shape index (κ1) is 16.2. The summed E-state index contributed by atoms with van der Waals surface area (Å²) >= 11 is 3.58. The SMILES string of the molecule is CCNC(c1ccc(F)c(C)c1)c1cc(C)c(Br)cc1C. The van der Waals surface area contributed by atoms with Gasteiger partial charge in [-0.25, -0.2) is 4.39 Å². The van der Waals surface area contributed by atoms with Gasteiger partial charge in [0.05, 0.1) is 6.04 Å². The molecule has 0 amide bonds. The Morgan fingerprint density at radius 2 is 1.76 bits per heavy atom. The molecule has 1 unspecified atom stereocenters. The zero-order valence-corrected chi connectivity index (χ0v) is 14.5. The summed E-state index contributed by atoms with van der Waals surface area (Å²) in [5.74, 6) is -0.155. The number of nitrogens with one attached hydrogen (secondary N) is 1. The minimum absolute atomic E-state index is 0.0844. The van der Waals surface area contributed by atoms with Gasteiger partial charge in [0.2, 0.25) is 0 Å². The normalized spacial score (nSPS) is 12.5. The molecule has 2 aromatic rings. The van der Waals surface area contributed by atoms with Crippen molar-refractivity contribution in [3.63, 3.8) is 0 Å². The molecule has 0 spiro atoms. The predicted octanol–water partition coefficient (Wildman–Crippen LogP) is 5.21. The fraction of sp³-hybridized carbons (Fsp3) is 0.333. The van der Waals surface area contributed by atoms with E-state index in [0.29, 0.717) is 5.56 Å². The quantitative estimate of drug-likeness (QED) is 0.798. The first-order valence-electron chi connectivity index (χ1n) is 7.20. The van der Waals surface area contributed by atoms with E-state index in [1.165, 1.54) is 16.7 Å². The molecule has 3 heteroatoms. The van der Waals surface area contributed by atoms with Gasteiger partial charge < -0.3 is 5.32 Å². The van der Waals surface area contributed by atoms with E-state index >= 15 is 0 Å². The highest BCUT2D eigenvalue weighted by atomic mass is 79.9. The van der Waals surface area contributed by atoms with Crippen LogP contribution in [0.15, 0.2) is 34.8 Å². The van der Waals surface area contributed by atoms with Crippen molar-refractivity contribution in [3.05, 3.63) is 68.4 Å².